The van der Waals surface area contributed by atoms with E-state index in [-0.39, 0.29) is 42.4 Å². The monoisotopic (exact) mass is 682 g/mol. The van der Waals surface area contributed by atoms with Crippen LogP contribution in [0.3, 0.4) is 0 Å². The minimum Gasteiger partial charge on any atom is -0.507 e. The predicted octanol–water partition coefficient (Wildman–Crippen LogP) is 7.09. The fraction of sp³-hybridized carbons (Fsp3) is 0.703. The van der Waals surface area contributed by atoms with E-state index >= 15 is 0 Å². The summed E-state index contributed by atoms with van der Waals surface area (Å²) in [6.07, 6.45) is 7.52. The lowest BCUT2D eigenvalue weighted by atomic mass is 9.55. The van der Waals surface area contributed by atoms with Gasteiger partial charge in [0.05, 0.1) is 31.4 Å². The van der Waals surface area contributed by atoms with Gasteiger partial charge in [0.2, 0.25) is 0 Å². The third kappa shape index (κ3) is 12.0. The van der Waals surface area contributed by atoms with E-state index < -0.39 is 17.5 Å². The first-order chi connectivity index (χ1) is 22.7. The third-order valence-corrected chi connectivity index (χ3v) is 9.47. The number of nitrogens with zero attached hydrogens (tertiary/aromatic N) is 1. The van der Waals surface area contributed by atoms with Crippen LogP contribution in [0.1, 0.15) is 117 Å². The zero-order chi connectivity index (χ0) is 36.1. The summed E-state index contributed by atoms with van der Waals surface area (Å²) in [6.45, 7) is 14.3. The zero-order valence-electron chi connectivity index (χ0n) is 30.0. The van der Waals surface area contributed by atoms with Gasteiger partial charge in [-0.2, -0.15) is 13.2 Å². The number of aliphatic hydroxyl groups excluding tert-OH is 1. The summed E-state index contributed by atoms with van der Waals surface area (Å²) in [5.41, 5.74) is 13.6. The summed E-state index contributed by atoms with van der Waals surface area (Å²) in [5.74, 6) is 0.923. The topological polar surface area (TPSA) is 134 Å². The first-order valence-electron chi connectivity index (χ1n) is 17.8. The van der Waals surface area contributed by atoms with Crippen LogP contribution in [0.2, 0.25) is 0 Å². The van der Waals surface area contributed by atoms with Gasteiger partial charge < -0.3 is 31.7 Å². The van der Waals surface area contributed by atoms with E-state index in [9.17, 15) is 28.2 Å². The van der Waals surface area contributed by atoms with Crippen molar-refractivity contribution in [3.8, 4) is 5.75 Å². The largest absolute Gasteiger partial charge is 0.507 e. The number of hydrogen-bond donors (Lipinski definition) is 5. The van der Waals surface area contributed by atoms with Gasteiger partial charge in [0.15, 0.2) is 0 Å². The highest BCUT2D eigenvalue weighted by molar-refractivity contribution is 5.77. The van der Waals surface area contributed by atoms with Crippen LogP contribution in [0.25, 0.3) is 5.70 Å². The zero-order valence-corrected chi connectivity index (χ0v) is 30.0. The lowest BCUT2D eigenvalue weighted by Gasteiger charge is -2.51. The average Bonchev–Trinajstić information content (AvgIpc) is 3.52. The van der Waals surface area contributed by atoms with Gasteiger partial charge in [-0.15, -0.1) is 0 Å². The SMILES string of the molecule is CC.CC(=O)CN1CCCC(N/C(N)=C2\COC\C2=C(\N)c2ccc(C(F)(F)F)cc2O)C1.CCC.CCC1CC2(CCC(O)CC2)C1. The first-order valence-corrected chi connectivity index (χ1v) is 17.8. The molecule has 48 heavy (non-hydrogen) atoms. The maximum atomic E-state index is 12.9. The summed E-state index contributed by atoms with van der Waals surface area (Å²) < 4.78 is 44.1. The number of aromatic hydroxyl groups is 1. The van der Waals surface area contributed by atoms with Gasteiger partial charge in [-0.25, -0.2) is 0 Å². The molecule has 4 aliphatic rings. The summed E-state index contributed by atoms with van der Waals surface area (Å²) in [7, 11) is 0. The minimum atomic E-state index is -4.57. The van der Waals surface area contributed by atoms with E-state index in [0.29, 0.717) is 41.5 Å². The van der Waals surface area contributed by atoms with Crippen molar-refractivity contribution >= 4 is 11.5 Å². The van der Waals surface area contributed by atoms with Crippen LogP contribution >= 0.6 is 0 Å². The highest BCUT2D eigenvalue weighted by atomic mass is 19.4. The van der Waals surface area contributed by atoms with E-state index in [2.05, 4.69) is 31.0 Å². The number of aliphatic hydroxyl groups is 1. The van der Waals surface area contributed by atoms with Crippen molar-refractivity contribution in [2.45, 2.75) is 124 Å². The molecule has 5 rings (SSSR count). The van der Waals surface area contributed by atoms with Crippen LogP contribution in [0, 0.1) is 11.3 Å². The average molecular weight is 683 g/mol. The van der Waals surface area contributed by atoms with Crippen LogP contribution in [-0.2, 0) is 15.7 Å². The quantitative estimate of drug-likeness (QED) is 0.215. The molecule has 0 bridgehead atoms. The number of ether oxygens (including phenoxy) is 1. The van der Waals surface area contributed by atoms with Gasteiger partial charge in [-0.05, 0) is 94.4 Å². The van der Waals surface area contributed by atoms with E-state index in [1.807, 2.05) is 13.8 Å². The highest BCUT2D eigenvalue weighted by Gasteiger charge is 2.44. The molecule has 2 heterocycles. The second-order valence-corrected chi connectivity index (χ2v) is 13.5. The number of Topliss-reactive ketones (excluding diaryl/α,β-unsaturated/α-hetero) is 1. The summed E-state index contributed by atoms with van der Waals surface area (Å²) in [6, 6.07) is 2.70. The number of piperidine rings is 1. The molecule has 4 fully saturated rings. The molecule has 7 N–H and O–H groups in total. The van der Waals surface area contributed by atoms with Gasteiger partial charge in [-0.1, -0.05) is 47.5 Å². The van der Waals surface area contributed by atoms with Crippen molar-refractivity contribution in [3.05, 3.63) is 46.3 Å². The Bertz CT molecular complexity index is 1210. The van der Waals surface area contributed by atoms with Crippen LogP contribution in [-0.4, -0.2) is 65.9 Å². The normalized spacial score (nSPS) is 27.6. The molecule has 2 aliphatic heterocycles. The third-order valence-electron chi connectivity index (χ3n) is 9.47. The van der Waals surface area contributed by atoms with Gasteiger partial charge in [-0.3, -0.25) is 9.69 Å². The second kappa shape index (κ2) is 19.4. The molecule has 11 heteroatoms. The van der Waals surface area contributed by atoms with Crippen molar-refractivity contribution in [3.63, 3.8) is 0 Å². The van der Waals surface area contributed by atoms with Crippen molar-refractivity contribution in [1.29, 1.82) is 0 Å². The van der Waals surface area contributed by atoms with Gasteiger partial charge in [0, 0.05) is 35.0 Å². The highest BCUT2D eigenvalue weighted by Crippen LogP contribution is 2.55. The molecule has 0 amide bonds. The lowest BCUT2D eigenvalue weighted by Crippen LogP contribution is -2.48. The fourth-order valence-electron chi connectivity index (χ4n) is 7.02. The number of nitrogens with two attached hydrogens (primary N) is 2. The molecular formula is C37H61F3N4O4. The molecule has 1 spiro atoms. The van der Waals surface area contributed by atoms with Crippen LogP contribution in [0.15, 0.2) is 35.2 Å². The molecule has 1 atom stereocenters. The number of rotatable bonds is 6. The number of carbonyl (C=O) groups is 1. The molecule has 1 aromatic carbocycles. The molecule has 274 valence electrons. The number of nitrogens with one attached hydrogen (secondary N) is 1. The fourth-order valence-corrected chi connectivity index (χ4v) is 7.02. The molecule has 1 aromatic rings. The van der Waals surface area contributed by atoms with Crippen molar-refractivity contribution in [1.82, 2.24) is 10.2 Å². The number of carbonyl (C=O) groups excluding carboxylic acids is 1. The summed E-state index contributed by atoms with van der Waals surface area (Å²) in [5, 5.41) is 22.8. The molecule has 0 aromatic heterocycles. The number of phenolic OH excluding ortho intramolecular Hbond substituents is 1. The van der Waals surface area contributed by atoms with Crippen molar-refractivity contribution in [2.24, 2.45) is 22.8 Å². The smallest absolute Gasteiger partial charge is 0.416 e. The van der Waals surface area contributed by atoms with Gasteiger partial charge in [0.25, 0.3) is 0 Å². The molecule has 0 radical (unpaired) electrons. The summed E-state index contributed by atoms with van der Waals surface area (Å²) in [4.78, 5) is 13.5. The standard InChI is InChI=1S/C21H27F3N4O3.C11H20O.C3H8.C2H6/c1-12(29)8-28-6-2-3-14(9-28)27-20(26)17-11-31-10-16(17)19(25)15-5-4-13(7-18(15)30)21(22,23)24;1-2-9-7-11(8-9)5-3-10(12)4-6-11;1-3-2;1-2/h4-5,7,14,27,30H,2-3,6,8-11,25-26H2,1H3;9-10,12H,2-8H2,1H3;3H2,1-2H3;1-2H3/b19-16-,20-17+;;;. The first kappa shape index (κ1) is 41.4. The molecule has 8 nitrogen and oxygen atoms in total. The molecule has 2 saturated carbocycles. The van der Waals surface area contributed by atoms with E-state index in [0.717, 1.165) is 50.3 Å². The Morgan fingerprint density at radius 1 is 1.06 bits per heavy atom. The molecular weight excluding hydrogens is 621 g/mol. The number of likely N-dealkylation sites (tertiary alicyclic amines) is 1. The minimum absolute atomic E-state index is 0.0244. The Morgan fingerprint density at radius 3 is 2.21 bits per heavy atom. The van der Waals surface area contributed by atoms with Gasteiger partial charge in [0.1, 0.15) is 17.4 Å². The molecule has 2 aliphatic carbocycles. The Hall–Kier alpha value is -2.76. The number of ketones is 1. The van der Waals surface area contributed by atoms with Gasteiger partial charge >= 0.3 is 6.18 Å². The maximum absolute atomic E-state index is 12.9. The predicted molar refractivity (Wildman–Crippen MR) is 187 cm³/mol. The van der Waals surface area contributed by atoms with Crippen LogP contribution in [0.4, 0.5) is 13.2 Å². The van der Waals surface area contributed by atoms with E-state index in [1.165, 1.54) is 38.5 Å². The Balaban J connectivity index is 0.000000387. The molecule has 2 saturated heterocycles. The van der Waals surface area contributed by atoms with Crippen molar-refractivity contribution in [2.75, 3.05) is 32.8 Å². The number of alkyl halides is 3. The van der Waals surface area contributed by atoms with Crippen LogP contribution in [0.5, 0.6) is 5.75 Å². The van der Waals surface area contributed by atoms with Crippen LogP contribution < -0.4 is 16.8 Å². The number of hydrogen-bond acceptors (Lipinski definition) is 8. The second-order valence-electron chi connectivity index (χ2n) is 13.5. The molecule has 1 unspecified atom stereocenters. The van der Waals surface area contributed by atoms with Crippen molar-refractivity contribution < 1.29 is 32.9 Å². The number of phenols is 1. The Labute approximate surface area is 286 Å². The Kier molecular flexibility index (Phi) is 16.8. The maximum Gasteiger partial charge on any atom is 0.416 e. The van der Waals surface area contributed by atoms with E-state index in [1.54, 1.807) is 6.92 Å². The van der Waals surface area contributed by atoms with E-state index in [4.69, 9.17) is 16.2 Å². The number of halogens is 3. The number of benzene rings is 1. The Morgan fingerprint density at radius 2 is 1.67 bits per heavy atom. The summed E-state index contributed by atoms with van der Waals surface area (Å²) >= 11 is 0. The lowest BCUT2D eigenvalue weighted by molar-refractivity contribution is -0.137.